The minimum Gasteiger partial charge on any atom is -0.755 e. The lowest BCUT2D eigenvalue weighted by Gasteiger charge is -2.21. The normalized spacial score (nSPS) is 11.8. The van der Waals surface area contributed by atoms with Gasteiger partial charge < -0.3 is 8.86 Å². The highest BCUT2D eigenvalue weighted by Crippen LogP contribution is 2.19. The number of benzene rings is 2. The van der Waals surface area contributed by atoms with Crippen LogP contribution in [0.15, 0.2) is 53.3 Å². The lowest BCUT2D eigenvalue weighted by molar-refractivity contribution is 0.535. The van der Waals surface area contributed by atoms with Crippen molar-refractivity contribution in [1.29, 1.82) is 0 Å². The fourth-order valence-electron chi connectivity index (χ4n) is 2.41. The monoisotopic (exact) mass is 364 g/mol. The van der Waals surface area contributed by atoms with E-state index in [1.807, 2.05) is 30.3 Å². The number of nitrogens with zero attached hydrogens (tertiary/aromatic N) is 2. The Labute approximate surface area is 147 Å². The Morgan fingerprint density at radius 3 is 2.38 bits per heavy atom. The first-order valence-corrected chi connectivity index (χ1v) is 7.98. The molecule has 24 heavy (non-hydrogen) atoms. The first-order chi connectivity index (χ1) is 11.1. The molecule has 0 aliphatic rings. The molecule has 1 heterocycles. The Morgan fingerprint density at radius 2 is 1.75 bits per heavy atom. The first-order valence-electron chi connectivity index (χ1n) is 6.94. The average molecular weight is 365 g/mol. The van der Waals surface area contributed by atoms with Crippen molar-refractivity contribution in [2.45, 2.75) is 6.42 Å². The van der Waals surface area contributed by atoms with Gasteiger partial charge in [0.2, 0.25) is 0 Å². The highest BCUT2D eigenvalue weighted by Gasteiger charge is 2.07. The van der Waals surface area contributed by atoms with Gasteiger partial charge in [-0.15, -0.1) is 12.4 Å². The number of rotatable bonds is 4. The smallest absolute Gasteiger partial charge is 0.272 e. The Bertz CT molecular complexity index is 928. The van der Waals surface area contributed by atoms with E-state index in [-0.39, 0.29) is 18.0 Å². The summed E-state index contributed by atoms with van der Waals surface area (Å²) in [4.78, 5) is 11.8. The second-order valence-electron chi connectivity index (χ2n) is 5.10. The number of hydrogen-bond donors (Lipinski definition) is 1. The average Bonchev–Trinajstić information content (AvgIpc) is 2.57. The molecule has 0 saturated carbocycles. The van der Waals surface area contributed by atoms with E-state index >= 15 is 0 Å². The van der Waals surface area contributed by atoms with Gasteiger partial charge in [-0.2, -0.15) is 5.10 Å². The molecule has 0 spiro atoms. The minimum atomic E-state index is -2.30. The lowest BCUT2D eigenvalue weighted by atomic mass is 10.0. The van der Waals surface area contributed by atoms with E-state index in [2.05, 4.69) is 10.2 Å². The Hall–Kier alpha value is -2.22. The van der Waals surface area contributed by atoms with Crippen molar-refractivity contribution in [1.82, 2.24) is 10.2 Å². The maximum atomic E-state index is 11.8. The van der Waals surface area contributed by atoms with Gasteiger partial charge in [0.05, 0.1) is 11.1 Å². The number of nitrogens with one attached hydrogen (secondary N) is 1. The topological polar surface area (TPSA) is 89.1 Å². The lowest BCUT2D eigenvalue weighted by Crippen LogP contribution is -2.19. The molecule has 1 unspecified atom stereocenters. The van der Waals surface area contributed by atoms with Gasteiger partial charge in [-0.1, -0.05) is 30.3 Å². The summed E-state index contributed by atoms with van der Waals surface area (Å²) in [6.07, 6.45) is 0.543. The zero-order valence-electron chi connectivity index (χ0n) is 12.8. The molecule has 0 saturated heterocycles. The molecule has 1 aromatic heterocycles. The molecule has 6 nitrogen and oxygen atoms in total. The van der Waals surface area contributed by atoms with E-state index in [0.717, 1.165) is 20.9 Å². The summed E-state index contributed by atoms with van der Waals surface area (Å²) in [6.45, 7) is 0. The molecule has 0 bridgehead atoms. The molecule has 0 radical (unpaired) electrons. The van der Waals surface area contributed by atoms with Gasteiger partial charge in [0.15, 0.2) is 0 Å². The second-order valence-corrected chi connectivity index (χ2v) is 6.08. The van der Waals surface area contributed by atoms with Crippen molar-refractivity contribution in [3.8, 4) is 0 Å². The molecule has 1 atom stereocenters. The van der Waals surface area contributed by atoms with Crippen LogP contribution in [0.1, 0.15) is 11.3 Å². The van der Waals surface area contributed by atoms with E-state index in [1.165, 1.54) is 7.05 Å². The summed E-state index contributed by atoms with van der Waals surface area (Å²) in [6, 6.07) is 14.5. The summed E-state index contributed by atoms with van der Waals surface area (Å²) in [5, 5.41) is 8.08. The largest absolute Gasteiger partial charge is 0.755 e. The molecule has 2 aromatic carbocycles. The van der Waals surface area contributed by atoms with Crippen LogP contribution in [0.2, 0.25) is 0 Å². The zero-order valence-corrected chi connectivity index (χ0v) is 14.4. The van der Waals surface area contributed by atoms with Crippen LogP contribution >= 0.6 is 12.4 Å². The van der Waals surface area contributed by atoms with Crippen molar-refractivity contribution < 1.29 is 8.76 Å². The quantitative estimate of drug-likeness (QED) is 0.718. The molecule has 3 aromatic rings. The van der Waals surface area contributed by atoms with E-state index < -0.39 is 11.3 Å². The number of aromatic nitrogens is 2. The summed E-state index contributed by atoms with van der Waals surface area (Å²) < 4.78 is 23.0. The third-order valence-electron chi connectivity index (χ3n) is 3.67. The maximum absolute atomic E-state index is 11.8. The second kappa shape index (κ2) is 7.57. The molecule has 3 rings (SSSR count). The van der Waals surface area contributed by atoms with Crippen LogP contribution in [-0.4, -0.2) is 26.0 Å². The van der Waals surface area contributed by atoms with Gasteiger partial charge in [-0.3, -0.25) is 9.00 Å². The highest BCUT2D eigenvalue weighted by molar-refractivity contribution is 7.80. The Kier molecular flexibility index (Phi) is 5.71. The fourth-order valence-corrected chi connectivity index (χ4v) is 2.70. The third-order valence-corrected chi connectivity index (χ3v) is 4.33. The number of anilines is 1. The van der Waals surface area contributed by atoms with E-state index in [0.29, 0.717) is 17.5 Å². The van der Waals surface area contributed by atoms with Gasteiger partial charge in [0, 0.05) is 35.8 Å². The molecule has 126 valence electrons. The molecule has 0 aliphatic carbocycles. The van der Waals surface area contributed by atoms with E-state index in [4.69, 9.17) is 0 Å². The SMILES string of the molecule is CN(c1ccc(Cc2n[nH]c(=O)c3ccccc23)cc1)S(=O)[O-].Cl. The fraction of sp³-hybridized carbons (Fsp3) is 0.125. The Morgan fingerprint density at radius 1 is 1.12 bits per heavy atom. The zero-order chi connectivity index (χ0) is 16.4. The highest BCUT2D eigenvalue weighted by atomic mass is 35.5. The number of fused-ring (bicyclic) bond motifs is 1. The molecular weight excluding hydrogens is 350 g/mol. The van der Waals surface area contributed by atoms with Crippen LogP contribution in [0.5, 0.6) is 0 Å². The maximum Gasteiger partial charge on any atom is 0.272 e. The third kappa shape index (κ3) is 3.64. The van der Waals surface area contributed by atoms with Crippen molar-refractivity contribution in [3.63, 3.8) is 0 Å². The van der Waals surface area contributed by atoms with Crippen LogP contribution in [0, 0.1) is 0 Å². The van der Waals surface area contributed by atoms with Gasteiger partial charge in [-0.25, -0.2) is 5.10 Å². The summed E-state index contributed by atoms with van der Waals surface area (Å²) >= 11 is -2.30. The summed E-state index contributed by atoms with van der Waals surface area (Å²) in [5.74, 6) is 0. The Balaban J connectivity index is 0.00000208. The standard InChI is InChI=1S/C16H15N3O3S.ClH/c1-19(23(21)22)12-8-6-11(7-9-12)10-15-13-4-2-3-5-14(13)16(20)18-17-15;/h2-9H,10H2,1H3,(H,18,20)(H,21,22);1H/p-1. The van der Waals surface area contributed by atoms with Gasteiger partial charge in [0.25, 0.3) is 5.56 Å². The van der Waals surface area contributed by atoms with E-state index in [1.54, 1.807) is 18.2 Å². The van der Waals surface area contributed by atoms with Gasteiger partial charge in [-0.05, 0) is 23.8 Å². The summed E-state index contributed by atoms with van der Waals surface area (Å²) in [5.41, 5.74) is 2.12. The minimum absolute atomic E-state index is 0. The number of aromatic amines is 1. The first kappa shape index (κ1) is 18.1. The van der Waals surface area contributed by atoms with Crippen molar-refractivity contribution in [2.75, 3.05) is 11.4 Å². The van der Waals surface area contributed by atoms with Gasteiger partial charge in [0.1, 0.15) is 0 Å². The number of H-pyrrole nitrogens is 1. The van der Waals surface area contributed by atoms with E-state index in [9.17, 15) is 13.6 Å². The molecule has 0 fully saturated rings. The summed E-state index contributed by atoms with van der Waals surface area (Å²) in [7, 11) is 1.48. The molecular formula is C16H15ClN3O3S-. The van der Waals surface area contributed by atoms with Crippen molar-refractivity contribution >= 4 is 40.1 Å². The molecule has 1 N–H and O–H groups in total. The van der Waals surface area contributed by atoms with Crippen LogP contribution in [0.25, 0.3) is 10.8 Å². The number of hydrogen-bond acceptors (Lipinski definition) is 4. The predicted octanol–water partition coefficient (Wildman–Crippen LogP) is 2.17. The van der Waals surface area contributed by atoms with Crippen molar-refractivity contribution in [2.24, 2.45) is 0 Å². The van der Waals surface area contributed by atoms with Crippen LogP contribution in [0.4, 0.5) is 5.69 Å². The number of halogens is 1. The molecule has 0 aliphatic heterocycles. The van der Waals surface area contributed by atoms with Gasteiger partial charge >= 0.3 is 0 Å². The van der Waals surface area contributed by atoms with Crippen LogP contribution in [0.3, 0.4) is 0 Å². The van der Waals surface area contributed by atoms with Crippen LogP contribution in [-0.2, 0) is 17.7 Å². The predicted molar refractivity (Wildman–Crippen MR) is 96.2 cm³/mol. The molecule has 0 amide bonds. The van der Waals surface area contributed by atoms with Crippen LogP contribution < -0.4 is 9.86 Å². The molecule has 8 heteroatoms. The van der Waals surface area contributed by atoms with Crippen molar-refractivity contribution in [3.05, 3.63) is 70.1 Å².